The number of rotatable bonds is 4. The molecule has 0 bridgehead atoms. The van der Waals surface area contributed by atoms with Gasteiger partial charge in [-0.25, -0.2) is 15.0 Å². The van der Waals surface area contributed by atoms with Gasteiger partial charge < -0.3 is 16.0 Å². The Hall–Kier alpha value is -4.71. The Morgan fingerprint density at radius 1 is 1.09 bits per heavy atom. The number of amides is 2. The summed E-state index contributed by atoms with van der Waals surface area (Å²) in [5.74, 6) is 6.36. The maximum Gasteiger partial charge on any atom is 0.298 e. The summed E-state index contributed by atoms with van der Waals surface area (Å²) in [6, 6.07) is 14.3. The molecule has 0 aliphatic carbocycles. The second kappa shape index (κ2) is 9.27. The van der Waals surface area contributed by atoms with Gasteiger partial charge in [0.15, 0.2) is 0 Å². The summed E-state index contributed by atoms with van der Waals surface area (Å²) in [6.07, 6.45) is 4.07. The highest BCUT2D eigenvalue weighted by Crippen LogP contribution is 2.33. The molecule has 5 rings (SSSR count). The maximum atomic E-state index is 12.6. The van der Waals surface area contributed by atoms with E-state index in [1.807, 2.05) is 28.7 Å². The van der Waals surface area contributed by atoms with Gasteiger partial charge in [-0.2, -0.15) is 0 Å². The van der Waals surface area contributed by atoms with Gasteiger partial charge in [0.1, 0.15) is 11.6 Å². The fraction of sp³-hybridized carbons (Fsp3) is 0.192. The van der Waals surface area contributed by atoms with Crippen LogP contribution in [0.4, 0.5) is 11.8 Å². The molecule has 174 valence electrons. The van der Waals surface area contributed by atoms with E-state index in [2.05, 4.69) is 27.1 Å². The van der Waals surface area contributed by atoms with Crippen molar-refractivity contribution in [1.29, 1.82) is 0 Å². The molecule has 0 spiro atoms. The number of imidazole rings is 1. The Labute approximate surface area is 202 Å². The molecular formula is C26H23N7O2. The number of benzene rings is 1. The van der Waals surface area contributed by atoms with Crippen molar-refractivity contribution in [2.24, 2.45) is 0 Å². The van der Waals surface area contributed by atoms with Crippen molar-refractivity contribution in [3.8, 4) is 23.2 Å². The first-order valence-electron chi connectivity index (χ1n) is 11.2. The number of nitrogens with one attached hydrogen (secondary N) is 1. The SMILES string of the molecule is CC#CC(=O)N1CC[C@H](c2nc(-c3ccc(C(=O)Nc4ccccn4)cc3)n3c(N)nccc23)C1. The zero-order chi connectivity index (χ0) is 24.4. The molecule has 1 fully saturated rings. The van der Waals surface area contributed by atoms with Crippen molar-refractivity contribution in [2.75, 3.05) is 24.1 Å². The molecule has 4 aromatic rings. The molecule has 1 saturated heterocycles. The van der Waals surface area contributed by atoms with E-state index in [1.165, 1.54) is 0 Å². The lowest BCUT2D eigenvalue weighted by molar-refractivity contribution is -0.124. The van der Waals surface area contributed by atoms with E-state index >= 15 is 0 Å². The third-order valence-corrected chi connectivity index (χ3v) is 6.02. The summed E-state index contributed by atoms with van der Waals surface area (Å²) in [6.45, 7) is 2.84. The zero-order valence-electron chi connectivity index (χ0n) is 19.1. The molecule has 1 aromatic carbocycles. The van der Waals surface area contributed by atoms with E-state index in [4.69, 9.17) is 10.7 Å². The minimum atomic E-state index is -0.254. The first kappa shape index (κ1) is 22.1. The quantitative estimate of drug-likeness (QED) is 0.448. The average Bonchev–Trinajstić information content (AvgIpc) is 3.51. The van der Waals surface area contributed by atoms with E-state index in [0.717, 1.165) is 23.2 Å². The van der Waals surface area contributed by atoms with E-state index in [1.54, 1.807) is 48.5 Å². The first-order chi connectivity index (χ1) is 17.0. The number of carbonyl (C=O) groups is 2. The molecule has 35 heavy (non-hydrogen) atoms. The lowest BCUT2D eigenvalue weighted by Crippen LogP contribution is -2.26. The second-order valence-electron chi connectivity index (χ2n) is 8.20. The Balaban J connectivity index is 1.45. The normalized spacial score (nSPS) is 15.0. The highest BCUT2D eigenvalue weighted by atomic mass is 16.2. The third-order valence-electron chi connectivity index (χ3n) is 6.02. The number of nitrogens with two attached hydrogens (primary N) is 1. The molecule has 0 radical (unpaired) electrons. The molecule has 1 aliphatic rings. The fourth-order valence-corrected chi connectivity index (χ4v) is 4.33. The number of pyridine rings is 1. The molecule has 3 N–H and O–H groups in total. The van der Waals surface area contributed by atoms with Crippen LogP contribution >= 0.6 is 0 Å². The molecule has 0 unspecified atom stereocenters. The van der Waals surface area contributed by atoms with Crippen LogP contribution in [0.3, 0.4) is 0 Å². The van der Waals surface area contributed by atoms with E-state index < -0.39 is 0 Å². The van der Waals surface area contributed by atoms with Gasteiger partial charge in [0.05, 0.1) is 11.2 Å². The monoisotopic (exact) mass is 465 g/mol. The van der Waals surface area contributed by atoms with Gasteiger partial charge in [-0.1, -0.05) is 24.1 Å². The van der Waals surface area contributed by atoms with E-state index in [-0.39, 0.29) is 17.7 Å². The van der Waals surface area contributed by atoms with Crippen LogP contribution in [0, 0.1) is 11.8 Å². The van der Waals surface area contributed by atoms with Crippen LogP contribution in [-0.2, 0) is 4.79 Å². The highest BCUT2D eigenvalue weighted by molar-refractivity contribution is 6.04. The van der Waals surface area contributed by atoms with Gasteiger partial charge in [-0.05, 0) is 49.6 Å². The van der Waals surface area contributed by atoms with Crippen molar-refractivity contribution in [2.45, 2.75) is 19.3 Å². The topological polar surface area (TPSA) is 119 Å². The highest BCUT2D eigenvalue weighted by Gasteiger charge is 2.30. The van der Waals surface area contributed by atoms with Crippen molar-refractivity contribution >= 4 is 29.1 Å². The number of nitrogen functional groups attached to an aromatic ring is 1. The number of fused-ring (bicyclic) bond motifs is 1. The largest absolute Gasteiger partial charge is 0.369 e. The molecule has 9 heteroatoms. The standard InChI is InChI=1S/C26H23N7O2/c1-2-5-22(34)32-15-12-19(16-32)23-20-11-14-29-26(27)33(20)24(31-23)17-7-9-18(10-8-17)25(35)30-21-6-3-4-13-28-21/h3-4,6-11,13-14,19H,12,15-16H2,1H3,(H2,27,29)(H,28,30,35)/t19-/m0/s1. The predicted octanol–water partition coefficient (Wildman–Crippen LogP) is 2.97. The molecule has 1 atom stereocenters. The molecule has 1 aliphatic heterocycles. The molecular weight excluding hydrogens is 442 g/mol. The van der Waals surface area contributed by atoms with Crippen LogP contribution in [0.1, 0.15) is 35.3 Å². The summed E-state index contributed by atoms with van der Waals surface area (Å²) in [7, 11) is 0. The minimum absolute atomic E-state index is 0.0616. The number of nitrogens with zero attached hydrogens (tertiary/aromatic N) is 5. The number of hydrogen-bond acceptors (Lipinski definition) is 6. The summed E-state index contributed by atoms with van der Waals surface area (Å²) >= 11 is 0. The van der Waals surface area contributed by atoms with Crippen molar-refractivity contribution in [1.82, 2.24) is 24.3 Å². The summed E-state index contributed by atoms with van der Waals surface area (Å²) in [5, 5.41) is 2.78. The van der Waals surface area contributed by atoms with Gasteiger partial charge >= 0.3 is 0 Å². The Kier molecular flexibility index (Phi) is 5.85. The Morgan fingerprint density at radius 2 is 1.91 bits per heavy atom. The maximum absolute atomic E-state index is 12.6. The first-order valence-corrected chi connectivity index (χ1v) is 11.2. The van der Waals surface area contributed by atoms with Gasteiger partial charge in [-0.15, -0.1) is 0 Å². The molecule has 4 heterocycles. The van der Waals surface area contributed by atoms with Crippen LogP contribution in [0.2, 0.25) is 0 Å². The number of anilines is 2. The van der Waals surface area contributed by atoms with E-state index in [0.29, 0.717) is 36.2 Å². The van der Waals surface area contributed by atoms with Crippen LogP contribution in [0.5, 0.6) is 0 Å². The third kappa shape index (κ3) is 4.29. The van der Waals surface area contributed by atoms with Gasteiger partial charge in [0.2, 0.25) is 5.95 Å². The molecule has 9 nitrogen and oxygen atoms in total. The number of likely N-dealkylation sites (tertiary alicyclic amines) is 1. The van der Waals surface area contributed by atoms with Gasteiger partial charge in [-0.3, -0.25) is 14.0 Å². The zero-order valence-corrected chi connectivity index (χ0v) is 19.1. The minimum Gasteiger partial charge on any atom is -0.369 e. The van der Waals surface area contributed by atoms with Gasteiger partial charge in [0.25, 0.3) is 11.8 Å². The Morgan fingerprint density at radius 3 is 2.66 bits per heavy atom. The Bertz CT molecular complexity index is 1470. The second-order valence-corrected chi connectivity index (χ2v) is 8.20. The summed E-state index contributed by atoms with van der Waals surface area (Å²) in [4.78, 5) is 39.9. The lowest BCUT2D eigenvalue weighted by Gasteiger charge is -2.12. The lowest BCUT2D eigenvalue weighted by atomic mass is 10.0. The van der Waals surface area contributed by atoms with Crippen LogP contribution in [0.25, 0.3) is 16.9 Å². The molecule has 0 saturated carbocycles. The number of aromatic nitrogens is 4. The number of hydrogen-bond donors (Lipinski definition) is 2. The molecule has 2 amide bonds. The van der Waals surface area contributed by atoms with Crippen molar-refractivity contribution in [3.63, 3.8) is 0 Å². The number of carbonyl (C=O) groups excluding carboxylic acids is 2. The summed E-state index contributed by atoms with van der Waals surface area (Å²) in [5.41, 5.74) is 9.25. The van der Waals surface area contributed by atoms with Crippen LogP contribution in [-0.4, -0.2) is 49.2 Å². The predicted molar refractivity (Wildman–Crippen MR) is 132 cm³/mol. The van der Waals surface area contributed by atoms with Crippen LogP contribution < -0.4 is 11.1 Å². The van der Waals surface area contributed by atoms with Gasteiger partial charge in [0, 0.05) is 42.5 Å². The van der Waals surface area contributed by atoms with Crippen LogP contribution in [0.15, 0.2) is 60.9 Å². The smallest absolute Gasteiger partial charge is 0.298 e. The van der Waals surface area contributed by atoms with E-state index in [9.17, 15) is 9.59 Å². The van der Waals surface area contributed by atoms with Crippen molar-refractivity contribution in [3.05, 3.63) is 72.2 Å². The molecule has 3 aromatic heterocycles. The fourth-order valence-electron chi connectivity index (χ4n) is 4.33. The summed E-state index contributed by atoms with van der Waals surface area (Å²) < 4.78 is 1.81. The van der Waals surface area contributed by atoms with Crippen molar-refractivity contribution < 1.29 is 9.59 Å². The average molecular weight is 466 g/mol.